The van der Waals surface area contributed by atoms with Crippen molar-refractivity contribution in [2.45, 2.75) is 32.4 Å². The van der Waals surface area contributed by atoms with Gasteiger partial charge >= 0.3 is 0 Å². The summed E-state index contributed by atoms with van der Waals surface area (Å²) in [5.41, 5.74) is 2.79. The third-order valence-corrected chi connectivity index (χ3v) is 8.75. The van der Waals surface area contributed by atoms with Crippen LogP contribution in [-0.2, 0) is 0 Å². The van der Waals surface area contributed by atoms with E-state index in [9.17, 15) is 0 Å². The first-order valence-electron chi connectivity index (χ1n) is 7.70. The van der Waals surface area contributed by atoms with Gasteiger partial charge in [0.05, 0.1) is 0 Å². The van der Waals surface area contributed by atoms with Gasteiger partial charge in [-0.2, -0.15) is 0 Å². The van der Waals surface area contributed by atoms with E-state index < -0.39 is 0 Å². The van der Waals surface area contributed by atoms with E-state index >= 15 is 0 Å². The van der Waals surface area contributed by atoms with Gasteiger partial charge in [0.25, 0.3) is 0 Å². The summed E-state index contributed by atoms with van der Waals surface area (Å²) in [5.74, 6) is 4.94. The maximum Gasteiger partial charge on any atom is 0.0350 e. The van der Waals surface area contributed by atoms with Gasteiger partial charge in [-0.25, -0.2) is 0 Å². The predicted octanol–water partition coefficient (Wildman–Crippen LogP) is 6.53. The minimum Gasteiger partial charge on any atom is -0.126 e. The lowest BCUT2D eigenvalue weighted by Crippen LogP contribution is -1.89. The maximum absolute atomic E-state index is 2.36. The first-order valence-corrected chi connectivity index (χ1v) is 11.6. The van der Waals surface area contributed by atoms with Crippen LogP contribution in [0.15, 0.2) is 56.0 Å². The largest absolute Gasteiger partial charge is 0.126 e. The molecule has 114 valence electrons. The topological polar surface area (TPSA) is 0 Å². The molecule has 0 radical (unpaired) electrons. The van der Waals surface area contributed by atoms with Crippen LogP contribution in [0.5, 0.6) is 0 Å². The van der Waals surface area contributed by atoms with E-state index in [1.807, 2.05) is 11.8 Å². The molecular weight excluding hydrogens is 344 g/mol. The van der Waals surface area contributed by atoms with Crippen molar-refractivity contribution in [2.75, 3.05) is 23.0 Å². The van der Waals surface area contributed by atoms with Gasteiger partial charge in [-0.1, -0.05) is 18.2 Å². The molecule has 0 nitrogen and oxygen atoms in total. The second kappa shape index (κ2) is 7.16. The molecule has 0 aliphatic carbocycles. The van der Waals surface area contributed by atoms with Crippen LogP contribution in [0.4, 0.5) is 0 Å². The molecule has 0 aromatic heterocycles. The van der Waals surface area contributed by atoms with E-state index in [0.717, 1.165) is 0 Å². The Morgan fingerprint density at radius 1 is 0.591 bits per heavy atom. The minimum atomic E-state index is 1.22. The van der Waals surface area contributed by atoms with E-state index in [0.29, 0.717) is 0 Å². The van der Waals surface area contributed by atoms with E-state index in [-0.39, 0.29) is 0 Å². The molecule has 22 heavy (non-hydrogen) atoms. The molecule has 2 aromatic rings. The molecule has 4 heterocycles. The van der Waals surface area contributed by atoms with Gasteiger partial charge in [0.2, 0.25) is 0 Å². The fraction of sp³-hybridized carbons (Fsp3) is 0.333. The maximum atomic E-state index is 2.36. The first kappa shape index (κ1) is 15.4. The lowest BCUT2D eigenvalue weighted by Gasteiger charge is -2.15. The second-order valence-electron chi connectivity index (χ2n) is 5.39. The SMILES string of the molecule is c1cc2ccc1SCCCSc1ccc-2c2c1SCCCS2. The highest BCUT2D eigenvalue weighted by Gasteiger charge is 2.18. The van der Waals surface area contributed by atoms with Gasteiger partial charge in [-0.05, 0) is 65.2 Å². The van der Waals surface area contributed by atoms with Gasteiger partial charge < -0.3 is 0 Å². The summed E-state index contributed by atoms with van der Waals surface area (Å²) in [5, 5.41) is 0. The van der Waals surface area contributed by atoms with Crippen molar-refractivity contribution < 1.29 is 0 Å². The van der Waals surface area contributed by atoms with Crippen molar-refractivity contribution in [3.63, 3.8) is 0 Å². The lowest BCUT2D eigenvalue weighted by molar-refractivity contribution is 1.09. The molecule has 4 heteroatoms. The van der Waals surface area contributed by atoms with Crippen molar-refractivity contribution in [1.29, 1.82) is 0 Å². The molecule has 0 N–H and O–H groups in total. The highest BCUT2D eigenvalue weighted by Crippen LogP contribution is 2.47. The number of hydrogen-bond donors (Lipinski definition) is 0. The fourth-order valence-corrected chi connectivity index (χ4v) is 7.65. The Morgan fingerprint density at radius 2 is 1.27 bits per heavy atom. The Hall–Kier alpha value is -0.160. The lowest BCUT2D eigenvalue weighted by atomic mass is 10.1. The van der Waals surface area contributed by atoms with E-state index in [2.05, 4.69) is 71.7 Å². The summed E-state index contributed by atoms with van der Waals surface area (Å²) < 4.78 is 0. The summed E-state index contributed by atoms with van der Waals surface area (Å²) in [7, 11) is 0. The second-order valence-corrected chi connectivity index (χ2v) is 9.91. The molecule has 4 aliphatic heterocycles. The predicted molar refractivity (Wildman–Crippen MR) is 104 cm³/mol. The third-order valence-electron chi connectivity index (χ3n) is 3.84. The van der Waals surface area contributed by atoms with Crippen LogP contribution in [0, 0.1) is 0 Å². The summed E-state index contributed by atoms with van der Waals surface area (Å²) >= 11 is 8.16. The van der Waals surface area contributed by atoms with Crippen molar-refractivity contribution in [3.05, 3.63) is 36.4 Å². The zero-order valence-corrected chi connectivity index (χ0v) is 15.6. The van der Waals surface area contributed by atoms with Crippen molar-refractivity contribution >= 4 is 47.0 Å². The number of benzene rings is 2. The molecule has 0 saturated heterocycles. The molecule has 0 fully saturated rings. The van der Waals surface area contributed by atoms with Crippen LogP contribution in [0.25, 0.3) is 11.1 Å². The molecule has 2 aromatic carbocycles. The van der Waals surface area contributed by atoms with Crippen LogP contribution >= 0.6 is 47.0 Å². The zero-order valence-electron chi connectivity index (χ0n) is 12.3. The van der Waals surface area contributed by atoms with Gasteiger partial charge in [0.1, 0.15) is 0 Å². The van der Waals surface area contributed by atoms with Crippen LogP contribution in [0.3, 0.4) is 0 Å². The van der Waals surface area contributed by atoms with Crippen LogP contribution in [0.2, 0.25) is 0 Å². The highest BCUT2D eigenvalue weighted by atomic mass is 32.2. The summed E-state index contributed by atoms with van der Waals surface area (Å²) in [6.07, 6.45) is 2.58. The molecular formula is C18H18S4. The van der Waals surface area contributed by atoms with Crippen molar-refractivity contribution in [3.8, 4) is 11.1 Å². The summed E-state index contributed by atoms with van der Waals surface area (Å²) in [6.45, 7) is 0. The van der Waals surface area contributed by atoms with Gasteiger partial charge in [-0.3, -0.25) is 0 Å². The summed E-state index contributed by atoms with van der Waals surface area (Å²) in [4.78, 5) is 5.96. The van der Waals surface area contributed by atoms with Crippen molar-refractivity contribution in [2.24, 2.45) is 0 Å². The zero-order chi connectivity index (χ0) is 14.8. The third kappa shape index (κ3) is 3.21. The first-order chi connectivity index (χ1) is 10.9. The average molecular weight is 363 g/mol. The molecule has 6 rings (SSSR count). The number of thioether (sulfide) groups is 4. The van der Waals surface area contributed by atoms with Crippen LogP contribution < -0.4 is 0 Å². The molecule has 4 bridgehead atoms. The molecule has 0 unspecified atom stereocenters. The highest BCUT2D eigenvalue weighted by molar-refractivity contribution is 8.04. The number of hydrogen-bond acceptors (Lipinski definition) is 4. The van der Waals surface area contributed by atoms with Gasteiger partial charge in [-0.15, -0.1) is 47.0 Å². The Labute approximate surface area is 149 Å². The fourth-order valence-electron chi connectivity index (χ4n) is 2.73. The minimum absolute atomic E-state index is 1.22. The Morgan fingerprint density at radius 3 is 2.09 bits per heavy atom. The Kier molecular flexibility index (Phi) is 5.01. The average Bonchev–Trinajstić information content (AvgIpc) is 2.79. The monoisotopic (exact) mass is 362 g/mol. The van der Waals surface area contributed by atoms with E-state index in [1.54, 1.807) is 4.90 Å². The Bertz CT molecular complexity index is 664. The standard InChI is InChI=1S/C18H18S4/c1-9-19-14-5-3-13(4-6-14)15-7-8-16(20-10-1)18-17(15)21-11-2-12-22-18/h3-8H,1-2,9-12H2. The smallest absolute Gasteiger partial charge is 0.0350 e. The number of fused-ring (bicyclic) bond motifs is 1. The molecule has 0 spiro atoms. The molecule has 0 atom stereocenters. The van der Waals surface area contributed by atoms with Crippen LogP contribution in [0.1, 0.15) is 12.8 Å². The van der Waals surface area contributed by atoms with Gasteiger partial charge in [0.15, 0.2) is 0 Å². The Balaban J connectivity index is 1.88. The quantitative estimate of drug-likeness (QED) is 0.522. The van der Waals surface area contributed by atoms with Crippen molar-refractivity contribution in [1.82, 2.24) is 0 Å². The number of rotatable bonds is 0. The van der Waals surface area contributed by atoms with E-state index in [4.69, 9.17) is 0 Å². The normalized spacial score (nSPS) is 18.0. The van der Waals surface area contributed by atoms with E-state index in [1.165, 1.54) is 61.7 Å². The van der Waals surface area contributed by atoms with Crippen LogP contribution in [-0.4, -0.2) is 23.0 Å². The summed E-state index contributed by atoms with van der Waals surface area (Å²) in [6, 6.07) is 13.9. The molecule has 4 aliphatic rings. The van der Waals surface area contributed by atoms with Gasteiger partial charge in [0, 0.05) is 19.6 Å². The molecule has 0 amide bonds. The molecule has 0 saturated carbocycles.